The predicted octanol–water partition coefficient (Wildman–Crippen LogP) is 3.76. The quantitative estimate of drug-likeness (QED) is 0.701. The molecule has 0 unspecified atom stereocenters. The van der Waals surface area contributed by atoms with Crippen molar-refractivity contribution in [3.8, 4) is 0 Å². The summed E-state index contributed by atoms with van der Waals surface area (Å²) in [6, 6.07) is 18.1. The molecule has 3 heterocycles. The van der Waals surface area contributed by atoms with E-state index in [0.717, 1.165) is 37.2 Å². The van der Waals surface area contributed by atoms with Gasteiger partial charge in [-0.25, -0.2) is 9.97 Å². The molecule has 0 atom stereocenters. The van der Waals surface area contributed by atoms with Gasteiger partial charge < -0.3 is 9.80 Å². The maximum atomic E-state index is 13.1. The minimum absolute atomic E-state index is 0.0612. The van der Waals surface area contributed by atoms with Crippen LogP contribution in [0.4, 0.5) is 17.3 Å². The van der Waals surface area contributed by atoms with Gasteiger partial charge in [0.1, 0.15) is 5.69 Å². The molecule has 134 valence electrons. The molecule has 0 saturated heterocycles. The Balaban J connectivity index is 1.48. The zero-order chi connectivity index (χ0) is 18.2. The number of nitrogens with zero attached hydrogens (tertiary/aromatic N) is 4. The number of aryl methyl sites for hydroxylation is 1. The fourth-order valence-corrected chi connectivity index (χ4v) is 4.03. The van der Waals surface area contributed by atoms with Gasteiger partial charge in [0.2, 0.25) is 5.95 Å². The first-order valence-corrected chi connectivity index (χ1v) is 9.39. The molecule has 0 spiro atoms. The van der Waals surface area contributed by atoms with Crippen LogP contribution in [-0.2, 0) is 12.8 Å². The molecule has 3 aromatic rings. The maximum Gasteiger partial charge on any atom is 0.277 e. The summed E-state index contributed by atoms with van der Waals surface area (Å²) in [7, 11) is 0. The second-order valence-corrected chi connectivity index (χ2v) is 6.96. The lowest BCUT2D eigenvalue weighted by molar-refractivity contribution is 0.0984. The molecule has 1 aromatic heterocycles. The topological polar surface area (TPSA) is 49.3 Å². The Morgan fingerprint density at radius 1 is 0.852 bits per heavy atom. The molecule has 2 aliphatic heterocycles. The van der Waals surface area contributed by atoms with Gasteiger partial charge in [-0.15, -0.1) is 0 Å². The lowest BCUT2D eigenvalue weighted by Gasteiger charge is -2.29. The Morgan fingerprint density at radius 3 is 2.44 bits per heavy atom. The molecule has 0 aliphatic carbocycles. The fourth-order valence-electron chi connectivity index (χ4n) is 4.03. The van der Waals surface area contributed by atoms with E-state index in [0.29, 0.717) is 18.2 Å². The molecular weight excluding hydrogens is 336 g/mol. The van der Waals surface area contributed by atoms with Gasteiger partial charge in [-0.2, -0.15) is 0 Å². The molecule has 27 heavy (non-hydrogen) atoms. The monoisotopic (exact) mass is 356 g/mol. The molecule has 5 rings (SSSR count). The molecule has 2 aromatic carbocycles. The number of carbonyl (C=O) groups excluding carboxylic acids is 1. The molecule has 0 bridgehead atoms. The molecule has 5 heteroatoms. The van der Waals surface area contributed by atoms with Crippen LogP contribution in [0.1, 0.15) is 28.0 Å². The van der Waals surface area contributed by atoms with Crippen LogP contribution in [0.5, 0.6) is 0 Å². The fraction of sp³-hybridized carbons (Fsp3) is 0.227. The van der Waals surface area contributed by atoms with Gasteiger partial charge in [0.25, 0.3) is 5.91 Å². The van der Waals surface area contributed by atoms with Crippen LogP contribution in [0, 0.1) is 0 Å². The summed E-state index contributed by atoms with van der Waals surface area (Å²) in [5.41, 5.74) is 5.09. The summed E-state index contributed by atoms with van der Waals surface area (Å²) in [6.45, 7) is 1.56. The molecular formula is C22H20N4O. The number of anilines is 3. The highest BCUT2D eigenvalue weighted by atomic mass is 16.2. The number of rotatable bonds is 2. The SMILES string of the molecule is O=C(c1ccnc(N2CCCc3ccccc32)n1)N1CCc2ccccc21. The van der Waals surface area contributed by atoms with Crippen LogP contribution >= 0.6 is 0 Å². The number of aromatic nitrogens is 2. The van der Waals surface area contributed by atoms with E-state index in [-0.39, 0.29) is 5.91 Å². The third-order valence-electron chi connectivity index (χ3n) is 5.35. The van der Waals surface area contributed by atoms with E-state index in [9.17, 15) is 4.79 Å². The Kier molecular flexibility index (Phi) is 3.85. The number of hydrogen-bond donors (Lipinski definition) is 0. The predicted molar refractivity (Wildman–Crippen MR) is 106 cm³/mol. The van der Waals surface area contributed by atoms with Crippen molar-refractivity contribution >= 4 is 23.2 Å². The molecule has 5 nitrogen and oxygen atoms in total. The summed E-state index contributed by atoms with van der Waals surface area (Å²) in [6.07, 6.45) is 4.70. The lowest BCUT2D eigenvalue weighted by Crippen LogP contribution is -2.31. The maximum absolute atomic E-state index is 13.1. The second kappa shape index (κ2) is 6.50. The smallest absolute Gasteiger partial charge is 0.277 e. The van der Waals surface area contributed by atoms with Gasteiger partial charge in [-0.1, -0.05) is 36.4 Å². The van der Waals surface area contributed by atoms with Crippen molar-refractivity contribution in [2.75, 3.05) is 22.9 Å². The number of amides is 1. The van der Waals surface area contributed by atoms with Crippen LogP contribution in [-0.4, -0.2) is 29.0 Å². The van der Waals surface area contributed by atoms with E-state index in [4.69, 9.17) is 0 Å². The first-order valence-electron chi connectivity index (χ1n) is 9.39. The first kappa shape index (κ1) is 16.0. The Bertz CT molecular complexity index is 1020. The molecule has 0 N–H and O–H groups in total. The van der Waals surface area contributed by atoms with E-state index in [1.807, 2.05) is 29.2 Å². The number of para-hydroxylation sites is 2. The van der Waals surface area contributed by atoms with Crippen molar-refractivity contribution in [3.63, 3.8) is 0 Å². The third-order valence-corrected chi connectivity index (χ3v) is 5.35. The highest BCUT2D eigenvalue weighted by Crippen LogP contribution is 2.32. The van der Waals surface area contributed by atoms with Gasteiger partial charge >= 0.3 is 0 Å². The third kappa shape index (κ3) is 2.76. The molecule has 2 aliphatic rings. The molecule has 0 radical (unpaired) electrons. The zero-order valence-corrected chi connectivity index (χ0v) is 15.0. The summed E-state index contributed by atoms with van der Waals surface area (Å²) < 4.78 is 0. The summed E-state index contributed by atoms with van der Waals surface area (Å²) in [4.78, 5) is 26.1. The largest absolute Gasteiger partial charge is 0.310 e. The number of hydrogen-bond acceptors (Lipinski definition) is 4. The minimum Gasteiger partial charge on any atom is -0.310 e. The van der Waals surface area contributed by atoms with Gasteiger partial charge in [0, 0.05) is 30.7 Å². The first-order chi connectivity index (χ1) is 13.3. The van der Waals surface area contributed by atoms with Crippen molar-refractivity contribution in [2.24, 2.45) is 0 Å². The highest BCUT2D eigenvalue weighted by Gasteiger charge is 2.27. The van der Waals surface area contributed by atoms with Crippen molar-refractivity contribution in [3.05, 3.63) is 77.6 Å². The number of fused-ring (bicyclic) bond motifs is 2. The Hall–Kier alpha value is -3.21. The average molecular weight is 356 g/mol. The highest BCUT2D eigenvalue weighted by molar-refractivity contribution is 6.06. The Morgan fingerprint density at radius 2 is 1.59 bits per heavy atom. The van der Waals surface area contributed by atoms with Crippen molar-refractivity contribution in [1.29, 1.82) is 0 Å². The van der Waals surface area contributed by atoms with Crippen molar-refractivity contribution in [1.82, 2.24) is 9.97 Å². The van der Waals surface area contributed by atoms with Crippen LogP contribution in [0.15, 0.2) is 60.8 Å². The van der Waals surface area contributed by atoms with Gasteiger partial charge in [0.15, 0.2) is 0 Å². The minimum atomic E-state index is -0.0612. The van der Waals surface area contributed by atoms with E-state index < -0.39 is 0 Å². The summed E-state index contributed by atoms with van der Waals surface area (Å²) in [5, 5.41) is 0. The summed E-state index contributed by atoms with van der Waals surface area (Å²) in [5.74, 6) is 0.536. The summed E-state index contributed by atoms with van der Waals surface area (Å²) >= 11 is 0. The van der Waals surface area contributed by atoms with E-state index in [1.54, 1.807) is 12.3 Å². The molecule has 0 saturated carbocycles. The van der Waals surface area contributed by atoms with Crippen LogP contribution in [0.2, 0.25) is 0 Å². The van der Waals surface area contributed by atoms with E-state index in [1.165, 1.54) is 11.1 Å². The average Bonchev–Trinajstić information content (AvgIpc) is 3.17. The normalized spacial score (nSPS) is 15.4. The van der Waals surface area contributed by atoms with E-state index >= 15 is 0 Å². The zero-order valence-electron chi connectivity index (χ0n) is 15.0. The van der Waals surface area contributed by atoms with Gasteiger partial charge in [0.05, 0.1) is 0 Å². The second-order valence-electron chi connectivity index (χ2n) is 6.96. The van der Waals surface area contributed by atoms with Gasteiger partial charge in [-0.05, 0) is 48.6 Å². The van der Waals surface area contributed by atoms with Gasteiger partial charge in [-0.3, -0.25) is 4.79 Å². The van der Waals surface area contributed by atoms with Crippen LogP contribution < -0.4 is 9.80 Å². The Labute approximate surface area is 158 Å². The standard InChI is InChI=1S/C22H20N4O/c27-21(25-15-12-17-7-2-3-9-19(17)25)18-11-13-23-22(24-18)26-14-5-8-16-6-1-4-10-20(16)26/h1-4,6-7,9-11,13H,5,8,12,14-15H2. The number of benzene rings is 2. The number of carbonyl (C=O) groups is 1. The van der Waals surface area contributed by atoms with Crippen LogP contribution in [0.25, 0.3) is 0 Å². The molecule has 1 amide bonds. The van der Waals surface area contributed by atoms with Crippen molar-refractivity contribution < 1.29 is 4.79 Å². The van der Waals surface area contributed by atoms with Crippen LogP contribution in [0.3, 0.4) is 0 Å². The van der Waals surface area contributed by atoms with Crippen molar-refractivity contribution in [2.45, 2.75) is 19.3 Å². The molecule has 0 fully saturated rings. The lowest BCUT2D eigenvalue weighted by atomic mass is 10.0. The van der Waals surface area contributed by atoms with E-state index in [2.05, 4.69) is 39.1 Å².